The molecule has 0 aliphatic rings. The van der Waals surface area contributed by atoms with Gasteiger partial charge in [0.2, 0.25) is 0 Å². The van der Waals surface area contributed by atoms with Gasteiger partial charge in [-0.25, -0.2) is 9.78 Å². The molecule has 2 rings (SSSR count). The number of benzene rings is 1. The summed E-state index contributed by atoms with van der Waals surface area (Å²) in [5.74, 6) is 0.653. The van der Waals surface area contributed by atoms with Gasteiger partial charge in [0.25, 0.3) is 0 Å². The van der Waals surface area contributed by atoms with Crippen molar-refractivity contribution in [1.82, 2.24) is 9.55 Å². The number of aryl methyl sites for hydroxylation is 1. The van der Waals surface area contributed by atoms with Crippen LogP contribution in [0.4, 0.5) is 0 Å². The molecule has 1 heterocycles. The van der Waals surface area contributed by atoms with Gasteiger partial charge in [0.1, 0.15) is 11.4 Å². The van der Waals surface area contributed by atoms with E-state index in [2.05, 4.69) is 21.7 Å². The van der Waals surface area contributed by atoms with Crippen LogP contribution in [0.2, 0.25) is 0 Å². The lowest BCUT2D eigenvalue weighted by atomic mass is 10.1. The fraction of sp³-hybridized carbons (Fsp3) is 0.400. The van der Waals surface area contributed by atoms with Crippen molar-refractivity contribution < 1.29 is 9.53 Å². The molecule has 4 heteroatoms. The molecule has 0 aliphatic heterocycles. The fourth-order valence-electron chi connectivity index (χ4n) is 2.40. The zero-order valence-corrected chi connectivity index (χ0v) is 15.2. The van der Waals surface area contributed by atoms with E-state index in [4.69, 9.17) is 4.74 Å². The average molecular weight is 326 g/mol. The third-order valence-corrected chi connectivity index (χ3v) is 3.63. The summed E-state index contributed by atoms with van der Waals surface area (Å²) in [5, 5.41) is 0. The Hall–Kier alpha value is -2.36. The molecule has 24 heavy (non-hydrogen) atoms. The lowest BCUT2D eigenvalue weighted by molar-refractivity contribution is -0.149. The Bertz CT molecular complexity index is 722. The summed E-state index contributed by atoms with van der Waals surface area (Å²) in [5.41, 5.74) is 2.27. The summed E-state index contributed by atoms with van der Waals surface area (Å²) in [6.45, 7) is 10.3. The summed E-state index contributed by atoms with van der Waals surface area (Å²) in [7, 11) is 0. The minimum Gasteiger partial charge on any atom is -0.457 e. The second kappa shape index (κ2) is 7.47. The minimum absolute atomic E-state index is 0.268. The lowest BCUT2D eigenvalue weighted by Crippen LogP contribution is -2.24. The normalized spacial score (nSPS) is 12.3. The number of rotatable bonds is 5. The van der Waals surface area contributed by atoms with E-state index in [1.54, 1.807) is 6.20 Å². The molecule has 0 unspecified atom stereocenters. The van der Waals surface area contributed by atoms with E-state index in [1.165, 1.54) is 5.56 Å². The van der Waals surface area contributed by atoms with Crippen molar-refractivity contribution >= 4 is 12.0 Å². The van der Waals surface area contributed by atoms with Crippen molar-refractivity contribution in [3.05, 3.63) is 59.2 Å². The van der Waals surface area contributed by atoms with Crippen molar-refractivity contribution in [3.8, 4) is 0 Å². The summed E-state index contributed by atoms with van der Waals surface area (Å²) < 4.78 is 7.60. The molecule has 0 fully saturated rings. The van der Waals surface area contributed by atoms with Crippen LogP contribution in [-0.2, 0) is 16.1 Å². The number of hydrogen-bond acceptors (Lipinski definition) is 3. The molecule has 1 aromatic heterocycles. The topological polar surface area (TPSA) is 44.1 Å². The number of aromatic nitrogens is 2. The van der Waals surface area contributed by atoms with E-state index in [-0.39, 0.29) is 5.97 Å². The standard InChI is InChI=1S/C20H26N2O2/c1-6-17(19(23)24-20(3,4)5)12-18-13-21-15(2)22(18)14-16-10-8-7-9-11-16/h7-13H,6,14H2,1-5H3/b17-12+. The third-order valence-electron chi connectivity index (χ3n) is 3.63. The van der Waals surface area contributed by atoms with E-state index in [0.717, 1.165) is 18.1 Å². The zero-order chi connectivity index (χ0) is 17.7. The van der Waals surface area contributed by atoms with Crippen LogP contribution in [0.3, 0.4) is 0 Å². The van der Waals surface area contributed by atoms with Gasteiger partial charge in [-0.15, -0.1) is 0 Å². The molecule has 0 N–H and O–H groups in total. The first-order valence-corrected chi connectivity index (χ1v) is 8.30. The molecule has 0 aliphatic carbocycles. The highest BCUT2D eigenvalue weighted by molar-refractivity contribution is 5.93. The number of carbonyl (C=O) groups excluding carboxylic acids is 1. The highest BCUT2D eigenvalue weighted by Crippen LogP contribution is 2.18. The van der Waals surface area contributed by atoms with Gasteiger partial charge in [0, 0.05) is 12.1 Å². The number of carbonyl (C=O) groups is 1. The maximum Gasteiger partial charge on any atom is 0.334 e. The highest BCUT2D eigenvalue weighted by Gasteiger charge is 2.19. The molecule has 0 radical (unpaired) electrons. The van der Waals surface area contributed by atoms with Gasteiger partial charge in [-0.1, -0.05) is 37.3 Å². The largest absolute Gasteiger partial charge is 0.457 e. The first-order chi connectivity index (χ1) is 11.3. The number of hydrogen-bond donors (Lipinski definition) is 0. The SMILES string of the molecule is CC/C(=C\c1cnc(C)n1Cc1ccccc1)C(=O)OC(C)(C)C. The molecule has 1 aromatic carbocycles. The van der Waals surface area contributed by atoms with E-state index < -0.39 is 5.60 Å². The average Bonchev–Trinajstić information content (AvgIpc) is 2.84. The maximum atomic E-state index is 12.4. The number of imidazole rings is 1. The molecule has 0 saturated heterocycles. The number of nitrogens with zero attached hydrogens (tertiary/aromatic N) is 2. The van der Waals surface area contributed by atoms with Crippen molar-refractivity contribution in [2.24, 2.45) is 0 Å². The highest BCUT2D eigenvalue weighted by atomic mass is 16.6. The molecule has 0 amide bonds. The fourth-order valence-corrected chi connectivity index (χ4v) is 2.40. The third kappa shape index (κ3) is 4.82. The maximum absolute atomic E-state index is 12.4. The molecule has 128 valence electrons. The summed E-state index contributed by atoms with van der Waals surface area (Å²) >= 11 is 0. The van der Waals surface area contributed by atoms with E-state index >= 15 is 0 Å². The first-order valence-electron chi connectivity index (χ1n) is 8.30. The van der Waals surface area contributed by atoms with Crippen molar-refractivity contribution in [1.29, 1.82) is 0 Å². The van der Waals surface area contributed by atoms with Crippen LogP contribution >= 0.6 is 0 Å². The second-order valence-electron chi connectivity index (χ2n) is 6.83. The van der Waals surface area contributed by atoms with Crippen LogP contribution in [0.5, 0.6) is 0 Å². The number of esters is 1. The quantitative estimate of drug-likeness (QED) is 0.605. The Balaban J connectivity index is 2.29. The second-order valence-corrected chi connectivity index (χ2v) is 6.83. The van der Waals surface area contributed by atoms with E-state index in [1.807, 2.05) is 58.9 Å². The van der Waals surface area contributed by atoms with Gasteiger partial charge in [-0.05, 0) is 45.8 Å². The Labute approximate surface area is 144 Å². The molecule has 2 aromatic rings. The van der Waals surface area contributed by atoms with E-state index in [9.17, 15) is 4.79 Å². The molecule has 0 bridgehead atoms. The number of ether oxygens (including phenoxy) is 1. The molecular weight excluding hydrogens is 300 g/mol. The van der Waals surface area contributed by atoms with Gasteiger partial charge >= 0.3 is 5.97 Å². The Kier molecular flexibility index (Phi) is 5.60. The molecule has 4 nitrogen and oxygen atoms in total. The Morgan fingerprint density at radius 1 is 1.25 bits per heavy atom. The van der Waals surface area contributed by atoms with Crippen LogP contribution in [0.15, 0.2) is 42.1 Å². The van der Waals surface area contributed by atoms with Gasteiger partial charge < -0.3 is 9.30 Å². The van der Waals surface area contributed by atoms with E-state index in [0.29, 0.717) is 12.0 Å². The van der Waals surface area contributed by atoms with Gasteiger partial charge in [-0.3, -0.25) is 0 Å². The van der Waals surface area contributed by atoms with Crippen molar-refractivity contribution in [2.75, 3.05) is 0 Å². The summed E-state index contributed by atoms with van der Waals surface area (Å²) in [6, 6.07) is 10.2. The zero-order valence-electron chi connectivity index (χ0n) is 15.2. The Morgan fingerprint density at radius 3 is 2.50 bits per heavy atom. The van der Waals surface area contributed by atoms with Crippen LogP contribution in [0.25, 0.3) is 6.08 Å². The minimum atomic E-state index is -0.495. The smallest absolute Gasteiger partial charge is 0.334 e. The monoisotopic (exact) mass is 326 g/mol. The van der Waals surface area contributed by atoms with Crippen molar-refractivity contribution in [3.63, 3.8) is 0 Å². The molecular formula is C20H26N2O2. The Morgan fingerprint density at radius 2 is 1.92 bits per heavy atom. The van der Waals surface area contributed by atoms with Crippen LogP contribution in [0.1, 0.15) is 51.2 Å². The van der Waals surface area contributed by atoms with Gasteiger partial charge in [0.05, 0.1) is 11.9 Å². The first kappa shape index (κ1) is 18.0. The summed E-state index contributed by atoms with van der Waals surface area (Å²) in [6.07, 6.45) is 4.31. The van der Waals surface area contributed by atoms with Crippen molar-refractivity contribution in [2.45, 2.75) is 53.2 Å². The summed E-state index contributed by atoms with van der Waals surface area (Å²) in [4.78, 5) is 16.8. The molecule has 0 atom stereocenters. The van der Waals surface area contributed by atoms with Crippen LogP contribution in [0, 0.1) is 6.92 Å². The lowest BCUT2D eigenvalue weighted by Gasteiger charge is -2.20. The predicted molar refractivity (Wildman–Crippen MR) is 96.6 cm³/mol. The van der Waals surface area contributed by atoms with Gasteiger partial charge in [-0.2, -0.15) is 0 Å². The van der Waals surface area contributed by atoms with Crippen LogP contribution in [-0.4, -0.2) is 21.1 Å². The van der Waals surface area contributed by atoms with Gasteiger partial charge in [0.15, 0.2) is 0 Å². The predicted octanol–water partition coefficient (Wildman–Crippen LogP) is 4.37. The molecule has 0 saturated carbocycles. The van der Waals surface area contributed by atoms with Crippen LogP contribution < -0.4 is 0 Å². The molecule has 0 spiro atoms.